The predicted molar refractivity (Wildman–Crippen MR) is 105 cm³/mol. The molecule has 21 heavy (non-hydrogen) atoms. The van der Waals surface area contributed by atoms with Gasteiger partial charge in [0.15, 0.2) is 0 Å². The van der Waals surface area contributed by atoms with Crippen molar-refractivity contribution in [2.45, 2.75) is 13.8 Å². The molecular formula is C18H17Br2P. The van der Waals surface area contributed by atoms with E-state index in [0.29, 0.717) is 0 Å². The minimum atomic E-state index is -0.543. The van der Waals surface area contributed by atoms with Crippen molar-refractivity contribution in [2.24, 2.45) is 0 Å². The fraction of sp³-hybridized carbons (Fsp3) is 0.111. The molecule has 2 rings (SSSR count). The molecule has 1 aromatic heterocycles. The molecule has 2 aromatic rings. The van der Waals surface area contributed by atoms with E-state index in [4.69, 9.17) is 0 Å². The third-order valence-corrected chi connectivity index (χ3v) is 7.16. The van der Waals surface area contributed by atoms with Crippen LogP contribution in [-0.4, -0.2) is 0 Å². The normalized spacial score (nSPS) is 11.9. The fourth-order valence-corrected chi connectivity index (χ4v) is 6.82. The first-order valence-corrected chi connectivity index (χ1v) is 9.52. The summed E-state index contributed by atoms with van der Waals surface area (Å²) in [5.74, 6) is 0. The SMILES string of the molecule is C=C/C=C\c1c(C)c(C)c(C=C)p1-c1cc(Br)cc(Br)c1. The summed E-state index contributed by atoms with van der Waals surface area (Å²) in [5, 5.41) is 4.04. The number of benzene rings is 1. The Morgan fingerprint density at radius 3 is 2.05 bits per heavy atom. The van der Waals surface area contributed by atoms with Crippen LogP contribution in [0.5, 0.6) is 0 Å². The van der Waals surface area contributed by atoms with Gasteiger partial charge < -0.3 is 0 Å². The maximum Gasteiger partial charge on any atom is 0.0195 e. The van der Waals surface area contributed by atoms with Gasteiger partial charge in [0.1, 0.15) is 0 Å². The van der Waals surface area contributed by atoms with Crippen molar-refractivity contribution in [1.29, 1.82) is 0 Å². The lowest BCUT2D eigenvalue weighted by molar-refractivity contribution is 1.39. The Bertz CT molecular complexity index is 716. The van der Waals surface area contributed by atoms with E-state index in [1.54, 1.807) is 0 Å². The van der Waals surface area contributed by atoms with E-state index in [1.807, 2.05) is 18.2 Å². The minimum absolute atomic E-state index is 0.543. The molecule has 0 bridgehead atoms. The zero-order valence-corrected chi connectivity index (χ0v) is 16.2. The molecule has 0 fully saturated rings. The average molecular weight is 424 g/mol. The molecule has 1 aromatic carbocycles. The van der Waals surface area contributed by atoms with Crippen molar-refractivity contribution in [2.75, 3.05) is 0 Å². The summed E-state index contributed by atoms with van der Waals surface area (Å²) in [6, 6.07) is 6.47. The van der Waals surface area contributed by atoms with Gasteiger partial charge in [-0.25, -0.2) is 0 Å². The first-order chi connectivity index (χ1) is 9.99. The lowest BCUT2D eigenvalue weighted by atomic mass is 10.1. The third kappa shape index (κ3) is 3.34. The first kappa shape index (κ1) is 16.5. The van der Waals surface area contributed by atoms with Gasteiger partial charge in [-0.3, -0.25) is 0 Å². The molecule has 0 aliphatic carbocycles. The summed E-state index contributed by atoms with van der Waals surface area (Å²) in [5.41, 5.74) is 2.70. The largest absolute Gasteiger partial charge is 0.0991 e. The average Bonchev–Trinajstić information content (AvgIpc) is 2.67. The Hall–Kier alpha value is -0.820. The van der Waals surface area contributed by atoms with Crippen molar-refractivity contribution in [3.8, 4) is 5.30 Å². The number of allylic oxidation sites excluding steroid dienone is 2. The molecule has 0 N–H and O–H groups in total. The number of hydrogen-bond donors (Lipinski definition) is 0. The maximum atomic E-state index is 4.03. The number of halogens is 2. The zero-order chi connectivity index (χ0) is 15.6. The summed E-state index contributed by atoms with van der Waals surface area (Å²) in [7, 11) is -0.543. The van der Waals surface area contributed by atoms with Crippen LogP contribution >= 0.6 is 39.4 Å². The van der Waals surface area contributed by atoms with Crippen LogP contribution < -0.4 is 0 Å². The molecule has 0 radical (unpaired) electrons. The Labute approximate surface area is 144 Å². The van der Waals surface area contributed by atoms with Gasteiger partial charge >= 0.3 is 0 Å². The molecule has 1 unspecified atom stereocenters. The smallest absolute Gasteiger partial charge is 0.0195 e. The fourth-order valence-electron chi connectivity index (χ4n) is 2.40. The maximum absolute atomic E-state index is 4.03. The Morgan fingerprint density at radius 2 is 1.52 bits per heavy atom. The van der Waals surface area contributed by atoms with E-state index in [9.17, 15) is 0 Å². The van der Waals surface area contributed by atoms with Gasteiger partial charge in [-0.15, -0.1) is 0 Å². The van der Waals surface area contributed by atoms with Crippen LogP contribution in [0.25, 0.3) is 17.5 Å². The van der Waals surface area contributed by atoms with Crippen LogP contribution in [0.1, 0.15) is 21.7 Å². The van der Waals surface area contributed by atoms with Crippen molar-refractivity contribution in [3.63, 3.8) is 0 Å². The van der Waals surface area contributed by atoms with E-state index in [2.05, 4.69) is 83.1 Å². The number of hydrogen-bond acceptors (Lipinski definition) is 0. The molecule has 0 amide bonds. The second-order valence-corrected chi connectivity index (χ2v) is 8.76. The van der Waals surface area contributed by atoms with Crippen LogP contribution in [0.3, 0.4) is 0 Å². The summed E-state index contributed by atoms with van der Waals surface area (Å²) >= 11 is 7.19. The molecule has 0 nitrogen and oxygen atoms in total. The van der Waals surface area contributed by atoms with Crippen molar-refractivity contribution >= 4 is 51.5 Å². The zero-order valence-electron chi connectivity index (χ0n) is 12.2. The highest BCUT2D eigenvalue weighted by Crippen LogP contribution is 2.54. The van der Waals surface area contributed by atoms with E-state index in [1.165, 1.54) is 27.0 Å². The van der Waals surface area contributed by atoms with E-state index < -0.39 is 7.53 Å². The molecule has 0 saturated carbocycles. The highest BCUT2D eigenvalue weighted by atomic mass is 79.9. The summed E-state index contributed by atoms with van der Waals surface area (Å²) in [6.07, 6.45) is 8.03. The Kier molecular flexibility index (Phi) is 5.48. The second-order valence-electron chi connectivity index (χ2n) is 4.78. The van der Waals surface area contributed by atoms with Crippen LogP contribution in [0, 0.1) is 13.8 Å². The monoisotopic (exact) mass is 422 g/mol. The van der Waals surface area contributed by atoms with E-state index >= 15 is 0 Å². The summed E-state index contributed by atoms with van der Waals surface area (Å²) in [4.78, 5) is 0. The van der Waals surface area contributed by atoms with Gasteiger partial charge in [-0.1, -0.05) is 76.9 Å². The van der Waals surface area contributed by atoms with Gasteiger partial charge in [0.25, 0.3) is 0 Å². The predicted octanol–water partition coefficient (Wildman–Crippen LogP) is 7.65. The molecule has 108 valence electrons. The van der Waals surface area contributed by atoms with Crippen molar-refractivity contribution < 1.29 is 0 Å². The van der Waals surface area contributed by atoms with Crippen molar-refractivity contribution in [1.82, 2.24) is 0 Å². The first-order valence-electron chi connectivity index (χ1n) is 6.59. The Balaban J connectivity index is 2.82. The van der Waals surface area contributed by atoms with E-state index in [-0.39, 0.29) is 0 Å². The summed E-state index contributed by atoms with van der Waals surface area (Å²) in [6.45, 7) is 12.2. The van der Waals surface area contributed by atoms with Gasteiger partial charge in [0.2, 0.25) is 0 Å². The molecule has 1 atom stereocenters. The topological polar surface area (TPSA) is 0 Å². The standard InChI is InChI=1S/C18H17Br2P/c1-5-7-8-18-13(4)12(3)17(6-2)21(18)16-10-14(19)9-15(20)11-16/h5-11H,1-2H2,3-4H3/b8-7-. The molecule has 0 saturated heterocycles. The van der Waals surface area contributed by atoms with Crippen LogP contribution in [0.2, 0.25) is 0 Å². The molecule has 0 spiro atoms. The van der Waals surface area contributed by atoms with Crippen LogP contribution in [0.15, 0.2) is 52.5 Å². The molecule has 0 aliphatic heterocycles. The highest BCUT2D eigenvalue weighted by molar-refractivity contribution is 9.11. The highest BCUT2D eigenvalue weighted by Gasteiger charge is 2.16. The summed E-state index contributed by atoms with van der Waals surface area (Å²) < 4.78 is 2.18. The molecule has 1 heterocycles. The van der Waals surface area contributed by atoms with Gasteiger partial charge in [0, 0.05) is 24.8 Å². The van der Waals surface area contributed by atoms with Gasteiger partial charge in [-0.2, -0.15) is 0 Å². The minimum Gasteiger partial charge on any atom is -0.0991 e. The lowest BCUT2D eigenvalue weighted by Crippen LogP contribution is -1.75. The molecule has 3 heteroatoms. The van der Waals surface area contributed by atoms with Gasteiger partial charge in [0.05, 0.1) is 0 Å². The van der Waals surface area contributed by atoms with Crippen molar-refractivity contribution in [3.05, 3.63) is 74.2 Å². The third-order valence-electron chi connectivity index (χ3n) is 3.50. The number of rotatable bonds is 4. The van der Waals surface area contributed by atoms with Crippen LogP contribution in [0.4, 0.5) is 0 Å². The molecule has 0 aliphatic rings. The van der Waals surface area contributed by atoms with Crippen LogP contribution in [-0.2, 0) is 0 Å². The van der Waals surface area contributed by atoms with E-state index in [0.717, 1.165) is 8.95 Å². The quantitative estimate of drug-likeness (QED) is 0.443. The second kappa shape index (κ2) is 6.96. The Morgan fingerprint density at radius 1 is 0.952 bits per heavy atom. The van der Waals surface area contributed by atoms with Gasteiger partial charge in [-0.05, 0) is 43.2 Å². The lowest BCUT2D eigenvalue weighted by Gasteiger charge is -2.08. The molecular weight excluding hydrogens is 407 g/mol.